The molecule has 0 amide bonds. The normalized spacial score (nSPS) is 8.09. The Balaban J connectivity index is 0.000001000. The smallest absolute Gasteiger partial charge is 0.133 e. The quantitative estimate of drug-likeness (QED) is 0.641. The van der Waals surface area contributed by atoms with Gasteiger partial charge in [-0.3, -0.25) is 10.7 Å². The maximum absolute atomic E-state index is 9.99. The third kappa shape index (κ3) is 2.82. The molecule has 2 N–H and O–H groups in total. The SMILES string of the molecule is O=Nc1ccccc1NO.[Ce]. The standard InChI is InChI=1S/C6H6N2O2.Ce/c9-7-5-3-1-2-4-6(5)8-10;/h1-4,7,9H;. The van der Waals surface area contributed by atoms with Crippen LogP contribution in [0.2, 0.25) is 0 Å². The molecule has 1 rings (SSSR count). The van der Waals surface area contributed by atoms with E-state index in [1.54, 1.807) is 18.2 Å². The summed E-state index contributed by atoms with van der Waals surface area (Å²) >= 11 is 0. The van der Waals surface area contributed by atoms with Crippen LogP contribution in [-0.2, 0) is 0 Å². The molecule has 11 heavy (non-hydrogen) atoms. The predicted octanol–water partition coefficient (Wildman–Crippen LogP) is 1.89. The molecule has 0 aliphatic carbocycles. The molecule has 0 unspecified atom stereocenters. The van der Waals surface area contributed by atoms with Gasteiger partial charge in [0, 0.05) is 41.7 Å². The van der Waals surface area contributed by atoms with Gasteiger partial charge in [0.2, 0.25) is 0 Å². The Morgan fingerprint density at radius 2 is 2.00 bits per heavy atom. The molecular formula is C6H6CeN2O2. The van der Waals surface area contributed by atoms with Gasteiger partial charge in [-0.25, -0.2) is 0 Å². The first-order valence-corrected chi connectivity index (χ1v) is 2.71. The van der Waals surface area contributed by atoms with E-state index in [9.17, 15) is 4.91 Å². The summed E-state index contributed by atoms with van der Waals surface area (Å²) in [4.78, 5) is 9.99. The zero-order valence-corrected chi connectivity index (χ0v) is 8.75. The zero-order chi connectivity index (χ0) is 7.40. The van der Waals surface area contributed by atoms with Crippen LogP contribution in [-0.4, -0.2) is 5.21 Å². The zero-order valence-electron chi connectivity index (χ0n) is 5.61. The molecule has 0 spiro atoms. The van der Waals surface area contributed by atoms with Crippen LogP contribution in [0, 0.1) is 46.7 Å². The fourth-order valence-corrected chi connectivity index (χ4v) is 0.648. The van der Waals surface area contributed by atoms with E-state index in [0.717, 1.165) is 0 Å². The van der Waals surface area contributed by atoms with Crippen molar-refractivity contribution < 1.29 is 47.0 Å². The number of hydrogen-bond donors (Lipinski definition) is 2. The predicted molar refractivity (Wildman–Crippen MR) is 37.3 cm³/mol. The summed E-state index contributed by atoms with van der Waals surface area (Å²) in [5.41, 5.74) is 2.37. The van der Waals surface area contributed by atoms with Gasteiger partial charge in [0.25, 0.3) is 0 Å². The first kappa shape index (κ1) is 11.0. The largest absolute Gasteiger partial charge is 0.291 e. The van der Waals surface area contributed by atoms with Crippen LogP contribution in [0.1, 0.15) is 0 Å². The van der Waals surface area contributed by atoms with E-state index in [1.807, 2.05) is 5.48 Å². The fourth-order valence-electron chi connectivity index (χ4n) is 0.648. The van der Waals surface area contributed by atoms with Crippen molar-refractivity contribution in [3.63, 3.8) is 0 Å². The maximum atomic E-state index is 9.99. The van der Waals surface area contributed by atoms with E-state index in [0.29, 0.717) is 5.69 Å². The Kier molecular flexibility index (Phi) is 5.57. The van der Waals surface area contributed by atoms with Gasteiger partial charge in [-0.2, -0.15) is 0 Å². The second-order valence-corrected chi connectivity index (χ2v) is 1.72. The van der Waals surface area contributed by atoms with E-state index >= 15 is 0 Å². The Morgan fingerprint density at radius 3 is 2.45 bits per heavy atom. The van der Waals surface area contributed by atoms with Gasteiger partial charge in [0.05, 0.1) is 5.69 Å². The van der Waals surface area contributed by atoms with E-state index in [1.165, 1.54) is 6.07 Å². The number of hydrogen-bond acceptors (Lipinski definition) is 4. The minimum atomic E-state index is 0. The van der Waals surface area contributed by atoms with E-state index in [2.05, 4.69) is 5.18 Å². The van der Waals surface area contributed by atoms with Crippen molar-refractivity contribution in [2.24, 2.45) is 5.18 Å². The van der Waals surface area contributed by atoms with Crippen LogP contribution in [0.3, 0.4) is 0 Å². The van der Waals surface area contributed by atoms with Gasteiger partial charge < -0.3 is 0 Å². The van der Waals surface area contributed by atoms with Gasteiger partial charge in [-0.1, -0.05) is 12.1 Å². The summed E-state index contributed by atoms with van der Waals surface area (Å²) in [5.74, 6) is 0. The van der Waals surface area contributed by atoms with Crippen molar-refractivity contribution in [3.05, 3.63) is 29.2 Å². The molecule has 0 aliphatic rings. The van der Waals surface area contributed by atoms with E-state index in [4.69, 9.17) is 5.21 Å². The number of benzene rings is 1. The Morgan fingerprint density at radius 1 is 1.36 bits per heavy atom. The summed E-state index contributed by atoms with van der Waals surface area (Å²) in [5, 5.41) is 11.1. The number of para-hydroxylation sites is 1. The first-order valence-electron chi connectivity index (χ1n) is 2.71. The number of nitroso groups, excluding NO2 is 1. The minimum absolute atomic E-state index is 0. The van der Waals surface area contributed by atoms with Gasteiger partial charge in [0.1, 0.15) is 5.69 Å². The fraction of sp³-hybridized carbons (Fsp3) is 0. The molecule has 0 bridgehead atoms. The van der Waals surface area contributed by atoms with Crippen LogP contribution in [0.25, 0.3) is 0 Å². The topological polar surface area (TPSA) is 61.7 Å². The molecule has 0 heterocycles. The molecular weight excluding hydrogens is 272 g/mol. The van der Waals surface area contributed by atoms with Crippen molar-refractivity contribution in [1.29, 1.82) is 0 Å². The summed E-state index contributed by atoms with van der Waals surface area (Å²) in [6.07, 6.45) is 0. The average Bonchev–Trinajstić information content (AvgIpc) is 2.04. The first-order chi connectivity index (χ1) is 4.88. The average molecular weight is 278 g/mol. The molecule has 56 valence electrons. The molecule has 0 atom stereocenters. The third-order valence-electron chi connectivity index (χ3n) is 1.12. The van der Waals surface area contributed by atoms with Gasteiger partial charge in [-0.15, -0.1) is 4.91 Å². The van der Waals surface area contributed by atoms with E-state index in [-0.39, 0.29) is 47.4 Å². The Bertz CT molecular complexity index is 242. The van der Waals surface area contributed by atoms with Crippen molar-refractivity contribution in [1.82, 2.24) is 0 Å². The molecule has 1 aromatic rings. The number of rotatable bonds is 2. The Hall–Kier alpha value is -0.0434. The second kappa shape index (κ2) is 5.59. The molecule has 0 saturated heterocycles. The Labute approximate surface area is 97.3 Å². The summed E-state index contributed by atoms with van der Waals surface area (Å²) in [6.45, 7) is 0. The van der Waals surface area contributed by atoms with Crippen LogP contribution in [0.5, 0.6) is 0 Å². The molecule has 0 fully saturated rings. The monoisotopic (exact) mass is 278 g/mol. The second-order valence-electron chi connectivity index (χ2n) is 1.72. The van der Waals surface area contributed by atoms with Crippen molar-refractivity contribution in [3.8, 4) is 0 Å². The van der Waals surface area contributed by atoms with Crippen LogP contribution < -0.4 is 5.48 Å². The van der Waals surface area contributed by atoms with Crippen molar-refractivity contribution in [2.75, 3.05) is 5.48 Å². The van der Waals surface area contributed by atoms with Crippen LogP contribution in [0.15, 0.2) is 29.4 Å². The van der Waals surface area contributed by atoms with E-state index < -0.39 is 0 Å². The summed E-state index contributed by atoms with van der Waals surface area (Å²) in [6, 6.07) is 6.41. The minimum Gasteiger partial charge on any atom is -0.291 e. The number of anilines is 1. The van der Waals surface area contributed by atoms with Crippen LogP contribution in [0.4, 0.5) is 11.4 Å². The summed E-state index contributed by atoms with van der Waals surface area (Å²) in [7, 11) is 0. The van der Waals surface area contributed by atoms with Crippen LogP contribution >= 0.6 is 0 Å². The molecule has 0 saturated carbocycles. The number of nitrogens with zero attached hydrogens (tertiary/aromatic N) is 1. The number of nitrogens with one attached hydrogen (secondary N) is 1. The van der Waals surface area contributed by atoms with Crippen molar-refractivity contribution in [2.45, 2.75) is 0 Å². The van der Waals surface area contributed by atoms with Gasteiger partial charge >= 0.3 is 0 Å². The molecule has 0 aliphatic heterocycles. The third-order valence-corrected chi connectivity index (χ3v) is 1.12. The molecule has 4 nitrogen and oxygen atoms in total. The summed E-state index contributed by atoms with van der Waals surface area (Å²) < 4.78 is 0. The molecule has 0 radical (unpaired) electrons. The maximum Gasteiger partial charge on any atom is 0.133 e. The van der Waals surface area contributed by atoms with Gasteiger partial charge in [0.15, 0.2) is 0 Å². The van der Waals surface area contributed by atoms with Crippen molar-refractivity contribution >= 4 is 11.4 Å². The van der Waals surface area contributed by atoms with Gasteiger partial charge in [-0.05, 0) is 17.3 Å². The molecule has 0 aromatic heterocycles. The molecule has 1 aromatic carbocycles. The molecule has 5 heteroatoms.